The minimum absolute atomic E-state index is 0. The largest absolute Gasteiger partial charge is 0.493 e. The molecule has 0 aliphatic rings. The lowest BCUT2D eigenvalue weighted by Crippen LogP contribution is -2.48. The molecule has 0 spiro atoms. The van der Waals surface area contributed by atoms with Crippen molar-refractivity contribution in [2.45, 2.75) is 19.4 Å². The van der Waals surface area contributed by atoms with Gasteiger partial charge in [0.05, 0.1) is 7.11 Å². The molecule has 0 saturated carbocycles. The monoisotopic (exact) mass is 314 g/mol. The van der Waals surface area contributed by atoms with Gasteiger partial charge in [0, 0.05) is 17.6 Å². The topological polar surface area (TPSA) is 73.6 Å². The lowest BCUT2D eigenvalue weighted by Gasteiger charge is -2.24. The number of carbonyl (C=O) groups excluding carboxylic acids is 1. The second kappa shape index (κ2) is 8.54. The number of nitrogens with two attached hydrogens (primary N) is 1. The Morgan fingerprint density at radius 3 is 2.62 bits per heavy atom. The first kappa shape index (κ1) is 19.3. The average molecular weight is 315 g/mol. The summed E-state index contributed by atoms with van der Waals surface area (Å²) in [6.45, 7) is 8.05. The molecule has 0 heterocycles. The summed E-state index contributed by atoms with van der Waals surface area (Å²) in [5.41, 5.74) is 5.64. The average Bonchev–Trinajstić information content (AvgIpc) is 2.44. The number of hydrogen-bond acceptors (Lipinski definition) is 4. The number of ether oxygens (including phenoxy) is 2. The molecular formula is C15H23ClN2O3. The highest BCUT2D eigenvalue weighted by atomic mass is 35.5. The quantitative estimate of drug-likeness (QED) is 0.756. The van der Waals surface area contributed by atoms with E-state index in [4.69, 9.17) is 15.2 Å². The lowest BCUT2D eigenvalue weighted by atomic mass is 10.1. The predicted molar refractivity (Wildman–Crippen MR) is 86.5 cm³/mol. The molecule has 1 aromatic carbocycles. The highest BCUT2D eigenvalue weighted by Crippen LogP contribution is 2.28. The normalized spacial score (nSPS) is 10.3. The first-order chi connectivity index (χ1) is 9.43. The summed E-state index contributed by atoms with van der Waals surface area (Å²) in [6, 6.07) is 5.02. The molecule has 118 valence electrons. The molecule has 0 aliphatic carbocycles. The number of halogens is 1. The van der Waals surface area contributed by atoms with Crippen LogP contribution in [0.25, 0.3) is 0 Å². The van der Waals surface area contributed by atoms with Crippen molar-refractivity contribution in [3.63, 3.8) is 0 Å². The van der Waals surface area contributed by atoms with Crippen molar-refractivity contribution in [2.75, 3.05) is 20.3 Å². The SMILES string of the molecule is C=CCOc1ccc(C(=O)NC(C)(C)CN)cc1OC.Cl. The third-order valence-corrected chi connectivity index (χ3v) is 2.74. The Bertz CT molecular complexity index is 490. The van der Waals surface area contributed by atoms with Crippen LogP contribution in [0.5, 0.6) is 11.5 Å². The standard InChI is InChI=1S/C15H22N2O3.ClH/c1-5-8-20-12-7-6-11(9-13(12)19-4)14(18)17-15(2,3)10-16;/h5-7,9H,1,8,10,16H2,2-4H3,(H,17,18);1H. The zero-order valence-electron chi connectivity index (χ0n) is 12.6. The minimum atomic E-state index is -0.456. The van der Waals surface area contributed by atoms with E-state index < -0.39 is 5.54 Å². The van der Waals surface area contributed by atoms with Gasteiger partial charge in [-0.2, -0.15) is 0 Å². The summed E-state index contributed by atoms with van der Waals surface area (Å²) in [5, 5.41) is 2.86. The molecule has 1 rings (SSSR count). The molecule has 6 heteroatoms. The maximum atomic E-state index is 12.1. The first-order valence-corrected chi connectivity index (χ1v) is 6.38. The Kier molecular flexibility index (Phi) is 7.84. The van der Waals surface area contributed by atoms with E-state index in [0.717, 1.165) is 0 Å². The van der Waals surface area contributed by atoms with Crippen molar-refractivity contribution in [3.8, 4) is 11.5 Å². The molecular weight excluding hydrogens is 292 g/mol. The molecule has 0 bridgehead atoms. The van der Waals surface area contributed by atoms with Gasteiger partial charge in [-0.25, -0.2) is 0 Å². The molecule has 5 nitrogen and oxygen atoms in total. The van der Waals surface area contributed by atoms with Crippen LogP contribution in [-0.4, -0.2) is 31.7 Å². The van der Waals surface area contributed by atoms with E-state index in [1.54, 1.807) is 24.3 Å². The predicted octanol–water partition coefficient (Wildman–Crippen LogP) is 2.15. The highest BCUT2D eigenvalue weighted by Gasteiger charge is 2.20. The van der Waals surface area contributed by atoms with Crippen LogP contribution in [0.15, 0.2) is 30.9 Å². The zero-order chi connectivity index (χ0) is 15.2. The van der Waals surface area contributed by atoms with Crippen molar-refractivity contribution in [3.05, 3.63) is 36.4 Å². The first-order valence-electron chi connectivity index (χ1n) is 6.38. The number of amides is 1. The molecule has 3 N–H and O–H groups in total. The molecule has 0 unspecified atom stereocenters. The third kappa shape index (κ3) is 5.65. The zero-order valence-corrected chi connectivity index (χ0v) is 13.5. The van der Waals surface area contributed by atoms with Gasteiger partial charge in [-0.3, -0.25) is 4.79 Å². The lowest BCUT2D eigenvalue weighted by molar-refractivity contribution is 0.0915. The smallest absolute Gasteiger partial charge is 0.251 e. The van der Waals surface area contributed by atoms with E-state index in [0.29, 0.717) is 30.2 Å². The molecule has 0 atom stereocenters. The molecule has 0 aromatic heterocycles. The van der Waals surface area contributed by atoms with Crippen LogP contribution in [0.4, 0.5) is 0 Å². The molecule has 0 saturated heterocycles. The fourth-order valence-corrected chi connectivity index (χ4v) is 1.51. The maximum absolute atomic E-state index is 12.1. The number of rotatable bonds is 7. The molecule has 0 radical (unpaired) electrons. The van der Waals surface area contributed by atoms with E-state index in [1.165, 1.54) is 7.11 Å². The Morgan fingerprint density at radius 2 is 2.10 bits per heavy atom. The van der Waals surface area contributed by atoms with Gasteiger partial charge in [-0.1, -0.05) is 12.7 Å². The van der Waals surface area contributed by atoms with Crippen LogP contribution < -0.4 is 20.5 Å². The van der Waals surface area contributed by atoms with Crippen molar-refractivity contribution in [1.29, 1.82) is 0 Å². The molecule has 1 aromatic rings. The number of hydrogen-bond donors (Lipinski definition) is 2. The van der Waals surface area contributed by atoms with Gasteiger partial charge >= 0.3 is 0 Å². The highest BCUT2D eigenvalue weighted by molar-refractivity contribution is 5.95. The van der Waals surface area contributed by atoms with Gasteiger partial charge in [0.1, 0.15) is 6.61 Å². The Balaban J connectivity index is 0.00000400. The fourth-order valence-electron chi connectivity index (χ4n) is 1.51. The summed E-state index contributed by atoms with van der Waals surface area (Å²) in [6.07, 6.45) is 1.64. The van der Waals surface area contributed by atoms with Crippen LogP contribution in [0, 0.1) is 0 Å². The van der Waals surface area contributed by atoms with Gasteiger partial charge < -0.3 is 20.5 Å². The fraction of sp³-hybridized carbons (Fsp3) is 0.400. The summed E-state index contributed by atoms with van der Waals surface area (Å²) in [4.78, 5) is 12.1. The van der Waals surface area contributed by atoms with Crippen LogP contribution >= 0.6 is 12.4 Å². The Labute approximate surface area is 131 Å². The van der Waals surface area contributed by atoms with E-state index in [1.807, 2.05) is 13.8 Å². The van der Waals surface area contributed by atoms with Crippen LogP contribution in [-0.2, 0) is 0 Å². The van der Waals surface area contributed by atoms with Crippen molar-refractivity contribution < 1.29 is 14.3 Å². The van der Waals surface area contributed by atoms with Crippen LogP contribution in [0.2, 0.25) is 0 Å². The van der Waals surface area contributed by atoms with Crippen LogP contribution in [0.1, 0.15) is 24.2 Å². The van der Waals surface area contributed by atoms with Gasteiger partial charge in [0.15, 0.2) is 11.5 Å². The number of nitrogens with one attached hydrogen (secondary N) is 1. The van der Waals surface area contributed by atoms with Crippen molar-refractivity contribution >= 4 is 18.3 Å². The summed E-state index contributed by atoms with van der Waals surface area (Å²) >= 11 is 0. The Morgan fingerprint density at radius 1 is 1.43 bits per heavy atom. The van der Waals surface area contributed by atoms with Crippen molar-refractivity contribution in [2.24, 2.45) is 5.73 Å². The van der Waals surface area contributed by atoms with Crippen LogP contribution in [0.3, 0.4) is 0 Å². The van der Waals surface area contributed by atoms with Crippen molar-refractivity contribution in [1.82, 2.24) is 5.32 Å². The summed E-state index contributed by atoms with van der Waals surface area (Å²) in [7, 11) is 1.53. The maximum Gasteiger partial charge on any atom is 0.251 e. The van der Waals surface area contributed by atoms with Gasteiger partial charge in [-0.15, -0.1) is 12.4 Å². The molecule has 21 heavy (non-hydrogen) atoms. The number of methoxy groups -OCH3 is 1. The summed E-state index contributed by atoms with van der Waals surface area (Å²) in [5.74, 6) is 0.876. The molecule has 0 fully saturated rings. The van der Waals surface area contributed by atoms with E-state index in [9.17, 15) is 4.79 Å². The second-order valence-electron chi connectivity index (χ2n) is 5.01. The number of benzene rings is 1. The van der Waals surface area contributed by atoms with E-state index >= 15 is 0 Å². The van der Waals surface area contributed by atoms with Gasteiger partial charge in [0.2, 0.25) is 0 Å². The third-order valence-electron chi connectivity index (χ3n) is 2.74. The molecule has 0 aliphatic heterocycles. The van der Waals surface area contributed by atoms with Gasteiger partial charge in [0.25, 0.3) is 5.91 Å². The second-order valence-corrected chi connectivity index (χ2v) is 5.01. The summed E-state index contributed by atoms with van der Waals surface area (Å²) < 4.78 is 10.7. The Hall–Kier alpha value is -1.72. The van der Waals surface area contributed by atoms with E-state index in [-0.39, 0.29) is 18.3 Å². The number of carbonyl (C=O) groups is 1. The minimum Gasteiger partial charge on any atom is -0.493 e. The van der Waals surface area contributed by atoms with Gasteiger partial charge in [-0.05, 0) is 32.0 Å². The van der Waals surface area contributed by atoms with E-state index in [2.05, 4.69) is 11.9 Å². The molecule has 1 amide bonds.